The third-order valence-corrected chi connectivity index (χ3v) is 10.7. The molecule has 1 aromatic heterocycles. The normalized spacial score (nSPS) is 19.2. The molecule has 15 heteroatoms. The van der Waals surface area contributed by atoms with Gasteiger partial charge in [0.2, 0.25) is 15.9 Å². The molecule has 2 aliphatic rings. The van der Waals surface area contributed by atoms with Crippen LogP contribution < -0.4 is 15.4 Å². The number of nitrogens with one attached hydrogen (secondary N) is 2. The second-order valence-electron chi connectivity index (χ2n) is 12.4. The summed E-state index contributed by atoms with van der Waals surface area (Å²) < 4.78 is 55.9. The maximum Gasteiger partial charge on any atom is 0.254 e. The number of carbonyl (C=O) groups is 3. The van der Waals surface area contributed by atoms with E-state index in [1.54, 1.807) is 37.8 Å². The van der Waals surface area contributed by atoms with Crippen LogP contribution in [0.25, 0.3) is 0 Å². The second kappa shape index (κ2) is 14.4. The average Bonchev–Trinajstić information content (AvgIpc) is 3.59. The molecule has 0 saturated carbocycles. The maximum atomic E-state index is 14.8. The van der Waals surface area contributed by atoms with Gasteiger partial charge < -0.3 is 25.0 Å². The predicted molar refractivity (Wildman–Crippen MR) is 174 cm³/mol. The van der Waals surface area contributed by atoms with Crippen LogP contribution in [0.1, 0.15) is 64.7 Å². The van der Waals surface area contributed by atoms with Crippen LogP contribution in [0, 0.1) is 12.7 Å². The summed E-state index contributed by atoms with van der Waals surface area (Å²) in [5.74, 6) is -1.90. The van der Waals surface area contributed by atoms with Crippen molar-refractivity contribution in [2.45, 2.75) is 64.7 Å². The standard InChI is InChI=1S/C33H41FN6O7S/c1-6-7-39-18-31(41)37-29-16-40(48(44,45)20(2)3)17-30(29)46-19-22-8-26(34)13-27(9-22)47-28-11-23(10-24(12-28)33(39)43)32(42)35-14-25-15-36-38(5)21(25)4/h8-13,15,20,29-30H,6-7,14,16-19H2,1-5H3,(H,35,42)(H,37,41)/t29-,30-/m1/s1. The van der Waals surface area contributed by atoms with Crippen molar-refractivity contribution in [1.82, 2.24) is 29.6 Å². The van der Waals surface area contributed by atoms with Gasteiger partial charge in [-0.3, -0.25) is 19.1 Å². The van der Waals surface area contributed by atoms with Crippen molar-refractivity contribution < 1.29 is 36.7 Å². The molecule has 258 valence electrons. The molecular formula is C33H41FN6O7S. The van der Waals surface area contributed by atoms with Crippen molar-refractivity contribution >= 4 is 27.7 Å². The van der Waals surface area contributed by atoms with Gasteiger partial charge in [0.25, 0.3) is 11.8 Å². The van der Waals surface area contributed by atoms with Gasteiger partial charge in [-0.1, -0.05) is 6.92 Å². The van der Waals surface area contributed by atoms with E-state index in [0.717, 1.165) is 11.3 Å². The van der Waals surface area contributed by atoms with Crippen LogP contribution in [-0.2, 0) is 39.8 Å². The van der Waals surface area contributed by atoms with Crippen molar-refractivity contribution in [2.24, 2.45) is 7.05 Å². The number of aromatic nitrogens is 2. The van der Waals surface area contributed by atoms with Gasteiger partial charge >= 0.3 is 0 Å². The fourth-order valence-electron chi connectivity index (χ4n) is 5.69. The summed E-state index contributed by atoms with van der Waals surface area (Å²) in [6.07, 6.45) is 1.46. The highest BCUT2D eigenvalue weighted by Crippen LogP contribution is 2.28. The van der Waals surface area contributed by atoms with Crippen molar-refractivity contribution in [1.29, 1.82) is 0 Å². The number of hydrogen-bond acceptors (Lipinski definition) is 8. The summed E-state index contributed by atoms with van der Waals surface area (Å²) in [5.41, 5.74) is 2.32. The first-order valence-corrected chi connectivity index (χ1v) is 17.3. The number of aryl methyl sites for hydroxylation is 1. The Morgan fingerprint density at radius 3 is 2.56 bits per heavy atom. The van der Waals surface area contributed by atoms with Crippen LogP contribution >= 0.6 is 0 Å². The lowest BCUT2D eigenvalue weighted by Gasteiger charge is -2.25. The number of benzene rings is 2. The van der Waals surface area contributed by atoms with Crippen LogP contribution in [0.2, 0.25) is 0 Å². The van der Waals surface area contributed by atoms with Gasteiger partial charge in [0.1, 0.15) is 17.3 Å². The molecule has 48 heavy (non-hydrogen) atoms. The van der Waals surface area contributed by atoms with E-state index in [4.69, 9.17) is 9.47 Å². The van der Waals surface area contributed by atoms with Crippen molar-refractivity contribution in [3.8, 4) is 11.5 Å². The number of fused-ring (bicyclic) bond motifs is 5. The van der Waals surface area contributed by atoms with Gasteiger partial charge in [-0.25, -0.2) is 12.8 Å². The summed E-state index contributed by atoms with van der Waals surface area (Å²) in [4.78, 5) is 42.1. The number of nitrogens with zero attached hydrogens (tertiary/aromatic N) is 4. The van der Waals surface area contributed by atoms with E-state index in [2.05, 4.69) is 15.7 Å². The molecular weight excluding hydrogens is 643 g/mol. The topological polar surface area (TPSA) is 152 Å². The molecule has 0 spiro atoms. The summed E-state index contributed by atoms with van der Waals surface area (Å²) in [6, 6.07) is 7.60. The molecule has 3 heterocycles. The Hall–Kier alpha value is -4.34. The first kappa shape index (κ1) is 35.0. The Kier molecular flexibility index (Phi) is 10.5. The number of amides is 3. The van der Waals surface area contributed by atoms with Gasteiger partial charge in [-0.2, -0.15) is 9.40 Å². The van der Waals surface area contributed by atoms with Crippen LogP contribution in [0.4, 0.5) is 4.39 Å². The van der Waals surface area contributed by atoms with E-state index < -0.39 is 51.0 Å². The Morgan fingerprint density at radius 2 is 1.88 bits per heavy atom. The van der Waals surface area contributed by atoms with Gasteiger partial charge in [0.15, 0.2) is 0 Å². The molecule has 5 rings (SSSR count). The van der Waals surface area contributed by atoms with E-state index in [-0.39, 0.29) is 62.0 Å². The second-order valence-corrected chi connectivity index (χ2v) is 14.9. The first-order chi connectivity index (χ1) is 22.7. The Balaban J connectivity index is 1.50. The number of halogens is 1. The van der Waals surface area contributed by atoms with Crippen molar-refractivity contribution in [2.75, 3.05) is 26.2 Å². The van der Waals surface area contributed by atoms with Crippen LogP contribution in [0.15, 0.2) is 42.6 Å². The Morgan fingerprint density at radius 1 is 1.12 bits per heavy atom. The van der Waals surface area contributed by atoms with Gasteiger partial charge in [0, 0.05) is 61.7 Å². The highest BCUT2D eigenvalue weighted by atomic mass is 32.2. The molecule has 2 aromatic carbocycles. The van der Waals surface area contributed by atoms with E-state index in [0.29, 0.717) is 12.0 Å². The third-order valence-electron chi connectivity index (χ3n) is 8.47. The largest absolute Gasteiger partial charge is 0.457 e. The minimum atomic E-state index is -3.66. The number of rotatable bonds is 7. The van der Waals surface area contributed by atoms with Gasteiger partial charge in [-0.15, -0.1) is 0 Å². The zero-order chi connectivity index (χ0) is 34.7. The maximum absolute atomic E-state index is 14.8. The fraction of sp³-hybridized carbons (Fsp3) is 0.455. The molecule has 13 nitrogen and oxygen atoms in total. The van der Waals surface area contributed by atoms with Crippen LogP contribution in [0.5, 0.6) is 11.5 Å². The van der Waals surface area contributed by atoms with E-state index >= 15 is 0 Å². The molecule has 0 radical (unpaired) electrons. The summed E-state index contributed by atoms with van der Waals surface area (Å²) >= 11 is 0. The van der Waals surface area contributed by atoms with E-state index in [9.17, 15) is 27.2 Å². The predicted octanol–water partition coefficient (Wildman–Crippen LogP) is 2.88. The summed E-state index contributed by atoms with van der Waals surface area (Å²) in [7, 11) is -1.86. The minimum Gasteiger partial charge on any atom is -0.457 e. The zero-order valence-electron chi connectivity index (χ0n) is 27.7. The molecule has 2 N–H and O–H groups in total. The third kappa shape index (κ3) is 7.85. The zero-order valence-corrected chi connectivity index (χ0v) is 28.5. The summed E-state index contributed by atoms with van der Waals surface area (Å²) in [5, 5.41) is 9.23. The molecule has 0 aliphatic carbocycles. The Bertz CT molecular complexity index is 1810. The number of ether oxygens (including phenoxy) is 2. The lowest BCUT2D eigenvalue weighted by Crippen LogP contribution is -2.49. The summed E-state index contributed by atoms with van der Waals surface area (Å²) in [6.45, 7) is 6.88. The fourth-order valence-corrected chi connectivity index (χ4v) is 7.01. The lowest BCUT2D eigenvalue weighted by molar-refractivity contribution is -0.123. The highest BCUT2D eigenvalue weighted by Gasteiger charge is 2.41. The van der Waals surface area contributed by atoms with Crippen molar-refractivity contribution in [3.63, 3.8) is 0 Å². The first-order valence-electron chi connectivity index (χ1n) is 15.8. The molecule has 1 saturated heterocycles. The minimum absolute atomic E-state index is 0.00248. The molecule has 4 bridgehead atoms. The van der Waals surface area contributed by atoms with Crippen LogP contribution in [0.3, 0.4) is 0 Å². The smallest absolute Gasteiger partial charge is 0.254 e. The van der Waals surface area contributed by atoms with Gasteiger partial charge in [0.05, 0.1) is 36.7 Å². The van der Waals surface area contributed by atoms with Crippen molar-refractivity contribution in [3.05, 3.63) is 76.4 Å². The molecule has 3 aromatic rings. The molecule has 2 atom stereocenters. The molecule has 3 amide bonds. The van der Waals surface area contributed by atoms with Gasteiger partial charge in [-0.05, 0) is 63.1 Å². The highest BCUT2D eigenvalue weighted by molar-refractivity contribution is 7.89. The van der Waals surface area contributed by atoms with E-state index in [1.165, 1.54) is 39.5 Å². The van der Waals surface area contributed by atoms with E-state index in [1.807, 2.05) is 13.8 Å². The molecule has 2 aliphatic heterocycles. The molecule has 0 unspecified atom stereocenters. The SMILES string of the molecule is CCCN1CC(=O)N[C@@H]2CN(S(=O)(=O)C(C)C)C[C@H]2OCc2cc(F)cc(c2)Oc2cc(C(=O)NCc3cnn(C)c3C)cc(c2)C1=O. The number of sulfonamides is 1. The Labute approximate surface area is 279 Å². The lowest BCUT2D eigenvalue weighted by atomic mass is 10.1. The van der Waals surface area contributed by atoms with Crippen LogP contribution in [-0.4, -0.2) is 88.7 Å². The average molecular weight is 685 g/mol. The number of carbonyl (C=O) groups excluding carboxylic acids is 3. The molecule has 1 fully saturated rings. The quantitative estimate of drug-likeness (QED) is 0.386. The number of hydrogen-bond donors (Lipinski definition) is 2. The monoisotopic (exact) mass is 684 g/mol.